The highest BCUT2D eigenvalue weighted by atomic mass is 16.5. The maximum absolute atomic E-state index is 13.1. The van der Waals surface area contributed by atoms with Crippen molar-refractivity contribution in [1.29, 1.82) is 0 Å². The predicted octanol–water partition coefficient (Wildman–Crippen LogP) is 3.81. The summed E-state index contributed by atoms with van der Waals surface area (Å²) in [7, 11) is 1.74. The number of Topliss-reactive ketones (excluding diaryl/α,β-unsaturated/α-hetero) is 1. The minimum Gasteiger partial charge on any atom is -0.383 e. The average molecular weight is 377 g/mol. The minimum absolute atomic E-state index is 0.276. The first-order valence-electron chi connectivity index (χ1n) is 10.0. The smallest absolute Gasteiger partial charge is 0.162 e. The third-order valence-corrected chi connectivity index (χ3v) is 5.78. The van der Waals surface area contributed by atoms with Gasteiger partial charge in [0.2, 0.25) is 0 Å². The molecular weight excluding hydrogens is 348 g/mol. The van der Waals surface area contributed by atoms with E-state index in [-0.39, 0.29) is 5.92 Å². The molecule has 0 fully saturated rings. The van der Waals surface area contributed by atoms with Crippen molar-refractivity contribution >= 4 is 5.78 Å². The summed E-state index contributed by atoms with van der Waals surface area (Å²) in [6.07, 6.45) is 1.55. The summed E-state index contributed by atoms with van der Waals surface area (Å²) in [5.74, 6) is 0.577. The van der Waals surface area contributed by atoms with E-state index in [4.69, 9.17) is 4.74 Å². The molecule has 0 amide bonds. The molecule has 1 heterocycles. The number of rotatable bonds is 6. The summed E-state index contributed by atoms with van der Waals surface area (Å²) in [5.41, 5.74) is 4.78. The molecule has 2 aromatic carbocycles. The second kappa shape index (κ2) is 8.72. The highest BCUT2D eigenvalue weighted by Gasteiger charge is 2.35. The number of benzene rings is 2. The second-order valence-corrected chi connectivity index (χ2v) is 7.73. The zero-order chi connectivity index (χ0) is 19.3. The maximum Gasteiger partial charge on any atom is 0.162 e. The number of hydrogen-bond donors (Lipinski definition) is 0. The lowest BCUT2D eigenvalue weighted by molar-refractivity contribution is -0.117. The second-order valence-electron chi connectivity index (χ2n) is 7.73. The van der Waals surface area contributed by atoms with Gasteiger partial charge in [0.15, 0.2) is 5.78 Å². The van der Waals surface area contributed by atoms with Crippen molar-refractivity contribution in [3.63, 3.8) is 0 Å². The summed E-state index contributed by atoms with van der Waals surface area (Å²) >= 11 is 0. The van der Waals surface area contributed by atoms with Crippen LogP contribution in [-0.2, 0) is 16.1 Å². The van der Waals surface area contributed by atoms with Crippen molar-refractivity contribution in [1.82, 2.24) is 9.80 Å². The van der Waals surface area contributed by atoms with Gasteiger partial charge in [-0.25, -0.2) is 0 Å². The van der Waals surface area contributed by atoms with Crippen molar-refractivity contribution in [2.75, 3.05) is 33.5 Å². The van der Waals surface area contributed by atoms with E-state index < -0.39 is 0 Å². The average Bonchev–Trinajstić information content (AvgIpc) is 2.74. The summed E-state index contributed by atoms with van der Waals surface area (Å²) in [6.45, 7) is 3.92. The van der Waals surface area contributed by atoms with Crippen LogP contribution in [0.1, 0.15) is 29.9 Å². The van der Waals surface area contributed by atoms with Crippen LogP contribution in [-0.4, -0.2) is 49.1 Å². The van der Waals surface area contributed by atoms with Gasteiger partial charge in [0.25, 0.3) is 0 Å². The van der Waals surface area contributed by atoms with Gasteiger partial charge in [0, 0.05) is 44.4 Å². The van der Waals surface area contributed by atoms with Crippen LogP contribution in [0.2, 0.25) is 0 Å². The van der Waals surface area contributed by atoms with Gasteiger partial charge in [-0.2, -0.15) is 0 Å². The largest absolute Gasteiger partial charge is 0.383 e. The summed E-state index contributed by atoms with van der Waals surface area (Å²) in [4.78, 5) is 17.8. The molecule has 1 aliphatic heterocycles. The fraction of sp³-hybridized carbons (Fsp3) is 0.375. The molecule has 0 bridgehead atoms. The van der Waals surface area contributed by atoms with E-state index in [0.717, 1.165) is 38.3 Å². The van der Waals surface area contributed by atoms with Gasteiger partial charge in [-0.3, -0.25) is 9.69 Å². The molecule has 0 saturated heterocycles. The monoisotopic (exact) mass is 376 g/mol. The number of carbonyl (C=O) groups is 1. The van der Waals surface area contributed by atoms with Crippen LogP contribution < -0.4 is 0 Å². The molecule has 1 aliphatic carbocycles. The van der Waals surface area contributed by atoms with Crippen LogP contribution in [0.15, 0.2) is 71.9 Å². The van der Waals surface area contributed by atoms with Gasteiger partial charge < -0.3 is 9.64 Å². The Morgan fingerprint density at radius 1 is 1.00 bits per heavy atom. The lowest BCUT2D eigenvalue weighted by atomic mass is 9.80. The summed E-state index contributed by atoms with van der Waals surface area (Å²) < 4.78 is 5.35. The van der Waals surface area contributed by atoms with Crippen LogP contribution in [0.25, 0.3) is 0 Å². The van der Waals surface area contributed by atoms with Gasteiger partial charge in [-0.05, 0) is 23.5 Å². The molecule has 0 spiro atoms. The number of ether oxygens (including phenoxy) is 1. The third-order valence-electron chi connectivity index (χ3n) is 5.78. The zero-order valence-corrected chi connectivity index (χ0v) is 16.5. The fourth-order valence-corrected chi connectivity index (χ4v) is 4.35. The van der Waals surface area contributed by atoms with Crippen molar-refractivity contribution in [3.8, 4) is 0 Å². The van der Waals surface area contributed by atoms with Gasteiger partial charge in [0.05, 0.1) is 13.3 Å². The number of carbonyl (C=O) groups excluding carboxylic acids is 1. The Labute approximate surface area is 167 Å². The molecule has 0 unspecified atom stereocenters. The molecule has 0 N–H and O–H groups in total. The number of nitrogens with zero attached hydrogens (tertiary/aromatic N) is 2. The lowest BCUT2D eigenvalue weighted by Crippen LogP contribution is -2.47. The molecule has 4 nitrogen and oxygen atoms in total. The quantitative estimate of drug-likeness (QED) is 0.768. The Morgan fingerprint density at radius 2 is 1.71 bits per heavy atom. The molecule has 4 rings (SSSR count). The van der Waals surface area contributed by atoms with Crippen LogP contribution in [0.5, 0.6) is 0 Å². The lowest BCUT2D eigenvalue weighted by Gasteiger charge is -2.43. The Kier molecular flexibility index (Phi) is 5.89. The van der Waals surface area contributed by atoms with E-state index in [2.05, 4.69) is 58.3 Å². The zero-order valence-electron chi connectivity index (χ0n) is 16.5. The van der Waals surface area contributed by atoms with E-state index in [9.17, 15) is 4.79 Å². The van der Waals surface area contributed by atoms with Gasteiger partial charge >= 0.3 is 0 Å². The van der Waals surface area contributed by atoms with E-state index in [0.29, 0.717) is 18.8 Å². The fourth-order valence-electron chi connectivity index (χ4n) is 4.35. The predicted molar refractivity (Wildman–Crippen MR) is 111 cm³/mol. The maximum atomic E-state index is 13.1. The SMILES string of the molecule is COCCN1CN(Cc2ccccc2)CC2=C1C[C@H](c1ccccc1)CC2=O. The summed E-state index contributed by atoms with van der Waals surface area (Å²) in [5, 5.41) is 0. The van der Waals surface area contributed by atoms with Crippen molar-refractivity contribution in [2.24, 2.45) is 0 Å². The van der Waals surface area contributed by atoms with Crippen LogP contribution >= 0.6 is 0 Å². The van der Waals surface area contributed by atoms with Gasteiger partial charge in [-0.1, -0.05) is 60.7 Å². The third kappa shape index (κ3) is 4.18. The van der Waals surface area contributed by atoms with E-state index in [1.807, 2.05) is 12.1 Å². The topological polar surface area (TPSA) is 32.8 Å². The molecule has 2 aromatic rings. The molecule has 0 aromatic heterocycles. The van der Waals surface area contributed by atoms with Gasteiger partial charge in [-0.15, -0.1) is 0 Å². The molecule has 28 heavy (non-hydrogen) atoms. The van der Waals surface area contributed by atoms with Gasteiger partial charge in [0.1, 0.15) is 0 Å². The van der Waals surface area contributed by atoms with Crippen LogP contribution in [0, 0.1) is 0 Å². The van der Waals surface area contributed by atoms with E-state index in [1.54, 1.807) is 7.11 Å². The summed E-state index contributed by atoms with van der Waals surface area (Å²) in [6, 6.07) is 20.9. The number of allylic oxidation sites excluding steroid dienone is 1. The molecule has 0 saturated carbocycles. The normalized spacial score (nSPS) is 20.4. The first kappa shape index (κ1) is 18.9. The highest BCUT2D eigenvalue weighted by Crippen LogP contribution is 2.38. The number of hydrogen-bond acceptors (Lipinski definition) is 4. The molecule has 1 atom stereocenters. The van der Waals surface area contributed by atoms with Crippen molar-refractivity contribution in [2.45, 2.75) is 25.3 Å². The first-order valence-corrected chi connectivity index (χ1v) is 10.0. The van der Waals surface area contributed by atoms with Crippen molar-refractivity contribution < 1.29 is 9.53 Å². The Morgan fingerprint density at radius 3 is 2.43 bits per heavy atom. The Balaban J connectivity index is 1.58. The Hall–Kier alpha value is -2.43. The van der Waals surface area contributed by atoms with E-state index in [1.165, 1.54) is 16.8 Å². The van der Waals surface area contributed by atoms with Crippen LogP contribution in [0.3, 0.4) is 0 Å². The minimum atomic E-state index is 0.276. The molecule has 146 valence electrons. The molecule has 0 radical (unpaired) electrons. The number of ketones is 1. The molecule has 2 aliphatic rings. The highest BCUT2D eigenvalue weighted by molar-refractivity contribution is 5.98. The molecular formula is C24H28N2O2. The van der Waals surface area contributed by atoms with Crippen molar-refractivity contribution in [3.05, 3.63) is 83.1 Å². The first-order chi connectivity index (χ1) is 13.7. The Bertz CT molecular complexity index is 832. The standard InChI is InChI=1S/C24H28N2O2/c1-28-13-12-26-18-25(16-19-8-4-2-5-9-19)17-22-23(26)14-21(15-24(22)27)20-10-6-3-7-11-20/h2-11,21H,12-18H2,1H3/t21-/m0/s1. The molecule has 4 heteroatoms. The van der Waals surface area contributed by atoms with Crippen LogP contribution in [0.4, 0.5) is 0 Å². The van der Waals surface area contributed by atoms with E-state index >= 15 is 0 Å². The number of methoxy groups -OCH3 is 1.